The fourth-order valence-electron chi connectivity index (χ4n) is 4.19. The van der Waals surface area contributed by atoms with Crippen molar-refractivity contribution in [2.45, 2.75) is 18.4 Å². The van der Waals surface area contributed by atoms with E-state index in [2.05, 4.69) is 31.1 Å². The lowest BCUT2D eigenvalue weighted by atomic mass is 10.1. The Labute approximate surface area is 244 Å². The van der Waals surface area contributed by atoms with Gasteiger partial charge in [0.1, 0.15) is 0 Å². The maximum atomic E-state index is 13.7. The lowest BCUT2D eigenvalue weighted by Crippen LogP contribution is -2.31. The summed E-state index contributed by atoms with van der Waals surface area (Å²) in [6.07, 6.45) is 0. The van der Waals surface area contributed by atoms with Crippen molar-refractivity contribution in [2.75, 3.05) is 4.31 Å². The number of rotatable bonds is 7. The quantitative estimate of drug-likeness (QED) is 0.176. The molecule has 0 bridgehead atoms. The number of halogens is 2. The molecule has 0 aliphatic heterocycles. The van der Waals surface area contributed by atoms with E-state index in [9.17, 15) is 18.3 Å². The number of sulfonamides is 1. The van der Waals surface area contributed by atoms with Crippen LogP contribution in [-0.4, -0.2) is 24.4 Å². The number of aromatic amines is 1. The van der Waals surface area contributed by atoms with Crippen LogP contribution in [0.5, 0.6) is 5.88 Å². The highest BCUT2D eigenvalue weighted by atomic mass is 79.9. The number of azo groups is 1. The van der Waals surface area contributed by atoms with Gasteiger partial charge < -0.3 is 10.1 Å². The molecular weight excluding hydrogens is 616 g/mol. The van der Waals surface area contributed by atoms with E-state index in [-0.39, 0.29) is 28.6 Å². The minimum Gasteiger partial charge on any atom is -0.493 e. The van der Waals surface area contributed by atoms with Crippen molar-refractivity contribution in [3.8, 4) is 5.88 Å². The van der Waals surface area contributed by atoms with E-state index >= 15 is 0 Å². The Morgan fingerprint density at radius 3 is 2.45 bits per heavy atom. The minimum absolute atomic E-state index is 0.00644. The van der Waals surface area contributed by atoms with Crippen LogP contribution >= 0.6 is 27.5 Å². The van der Waals surface area contributed by atoms with Gasteiger partial charge in [-0.15, -0.1) is 10.2 Å². The molecule has 0 unspecified atom stereocenters. The number of nitrogens with zero attached hydrogens (tertiary/aromatic N) is 3. The van der Waals surface area contributed by atoms with Gasteiger partial charge in [-0.3, -0.25) is 9.10 Å². The summed E-state index contributed by atoms with van der Waals surface area (Å²) in [5.41, 5.74) is 2.78. The molecule has 5 rings (SSSR count). The number of carbonyl (C=O) groups is 1. The van der Waals surface area contributed by atoms with Crippen molar-refractivity contribution in [2.24, 2.45) is 10.2 Å². The number of hydrogen-bond acceptors (Lipinski definition) is 5. The molecule has 1 aromatic heterocycles. The van der Waals surface area contributed by atoms with Crippen molar-refractivity contribution in [1.29, 1.82) is 0 Å². The van der Waals surface area contributed by atoms with E-state index in [1.165, 1.54) is 4.31 Å². The van der Waals surface area contributed by atoms with E-state index in [4.69, 9.17) is 11.6 Å². The van der Waals surface area contributed by atoms with E-state index in [0.29, 0.717) is 32.7 Å². The third-order valence-electron chi connectivity index (χ3n) is 6.32. The number of benzene rings is 4. The van der Waals surface area contributed by atoms with Gasteiger partial charge in [0.25, 0.3) is 15.9 Å². The number of carbonyl (C=O) groups excluding carboxylic acids is 1. The molecule has 40 heavy (non-hydrogen) atoms. The Hall–Kier alpha value is -3.99. The molecule has 0 radical (unpaired) electrons. The summed E-state index contributed by atoms with van der Waals surface area (Å²) in [6, 6.07) is 25.1. The molecule has 0 aliphatic carbocycles. The van der Waals surface area contributed by atoms with E-state index < -0.39 is 15.9 Å². The van der Waals surface area contributed by atoms with Crippen molar-refractivity contribution in [3.05, 3.63) is 117 Å². The lowest BCUT2D eigenvalue weighted by Gasteiger charge is -2.26. The second kappa shape index (κ2) is 11.2. The monoisotopic (exact) mass is 636 g/mol. The van der Waals surface area contributed by atoms with Crippen molar-refractivity contribution in [3.63, 3.8) is 0 Å². The number of nitrogens with one attached hydrogen (secondary N) is 1. The molecule has 5 aromatic rings. The minimum atomic E-state index is -3.93. The zero-order chi connectivity index (χ0) is 28.4. The Balaban J connectivity index is 1.42. The predicted molar refractivity (Wildman–Crippen MR) is 159 cm³/mol. The van der Waals surface area contributed by atoms with Crippen LogP contribution in [0.2, 0.25) is 5.02 Å². The molecule has 0 fully saturated rings. The van der Waals surface area contributed by atoms with Crippen LogP contribution in [0.1, 0.15) is 21.5 Å². The fraction of sp³-hybridized carbons (Fsp3) is 0.0690. The SMILES string of the molecule is Cc1c(Cl)cccc1N(Cc1ccc(C(=O)N=Nc2c(O)[nH]c3ccc(Br)cc23)cc1)S(=O)(=O)c1ccccc1. The number of hydrogen-bond donors (Lipinski definition) is 2. The van der Waals surface area contributed by atoms with Gasteiger partial charge >= 0.3 is 0 Å². The second-order valence-corrected chi connectivity index (χ2v) is 12.1. The second-order valence-electron chi connectivity index (χ2n) is 8.92. The molecule has 202 valence electrons. The average Bonchev–Trinajstić information content (AvgIpc) is 3.26. The zero-order valence-corrected chi connectivity index (χ0v) is 24.2. The van der Waals surface area contributed by atoms with Gasteiger partial charge in [0.2, 0.25) is 5.88 Å². The van der Waals surface area contributed by atoms with E-state index in [0.717, 1.165) is 4.47 Å². The van der Waals surface area contributed by atoms with Gasteiger partial charge in [-0.1, -0.05) is 63.9 Å². The third kappa shape index (κ3) is 5.51. The molecule has 1 heterocycles. The Morgan fingerprint density at radius 1 is 1.00 bits per heavy atom. The first-order valence-corrected chi connectivity index (χ1v) is 14.6. The first-order chi connectivity index (χ1) is 19.1. The summed E-state index contributed by atoms with van der Waals surface area (Å²) >= 11 is 9.71. The van der Waals surface area contributed by atoms with Crippen molar-refractivity contribution < 1.29 is 18.3 Å². The van der Waals surface area contributed by atoms with E-state index in [1.54, 1.807) is 91.9 Å². The average molecular weight is 638 g/mol. The van der Waals surface area contributed by atoms with Crippen LogP contribution < -0.4 is 4.31 Å². The summed E-state index contributed by atoms with van der Waals surface area (Å²) in [6.45, 7) is 1.77. The van der Waals surface area contributed by atoms with Gasteiger partial charge in [-0.2, -0.15) is 0 Å². The first-order valence-electron chi connectivity index (χ1n) is 12.0. The molecule has 11 heteroatoms. The molecule has 8 nitrogen and oxygen atoms in total. The van der Waals surface area contributed by atoms with E-state index in [1.807, 2.05) is 6.07 Å². The lowest BCUT2D eigenvalue weighted by molar-refractivity contribution is 0.0995. The molecule has 0 atom stereocenters. The third-order valence-corrected chi connectivity index (χ3v) is 9.00. The number of anilines is 1. The van der Waals surface area contributed by atoms with Crippen LogP contribution in [0.15, 0.2) is 111 Å². The van der Waals surface area contributed by atoms with Gasteiger partial charge in [0.15, 0.2) is 5.69 Å². The summed E-state index contributed by atoms with van der Waals surface area (Å²) in [4.78, 5) is 15.7. The summed E-state index contributed by atoms with van der Waals surface area (Å²) in [7, 11) is -3.93. The number of aromatic hydroxyl groups is 1. The smallest absolute Gasteiger partial charge is 0.295 e. The maximum Gasteiger partial charge on any atom is 0.295 e. The molecule has 2 N–H and O–H groups in total. The highest BCUT2D eigenvalue weighted by molar-refractivity contribution is 9.10. The normalized spacial score (nSPS) is 11.8. The zero-order valence-electron chi connectivity index (χ0n) is 21.0. The predicted octanol–water partition coefficient (Wildman–Crippen LogP) is 7.92. The molecule has 4 aromatic carbocycles. The van der Waals surface area contributed by atoms with Crippen molar-refractivity contribution >= 4 is 65.7 Å². The number of aromatic nitrogens is 1. The fourth-order valence-corrected chi connectivity index (χ4v) is 6.26. The number of H-pyrrole nitrogens is 1. The van der Waals surface area contributed by atoms with Gasteiger partial charge in [-0.05, 0) is 72.6 Å². The molecule has 1 amide bonds. The molecule has 0 saturated heterocycles. The highest BCUT2D eigenvalue weighted by Crippen LogP contribution is 2.37. The summed E-state index contributed by atoms with van der Waals surface area (Å²) in [5, 5.41) is 19.0. The van der Waals surface area contributed by atoms with Gasteiger partial charge in [0, 0.05) is 20.4 Å². The maximum absolute atomic E-state index is 13.7. The number of fused-ring (bicyclic) bond motifs is 1. The van der Waals surface area contributed by atoms with Crippen molar-refractivity contribution in [1.82, 2.24) is 4.98 Å². The summed E-state index contributed by atoms with van der Waals surface area (Å²) < 4.78 is 29.5. The largest absolute Gasteiger partial charge is 0.493 e. The molecule has 0 saturated carbocycles. The standard InChI is InChI=1S/C29H22BrClN4O4S/c1-18-24(31)8-5-9-26(18)35(40(38,39)22-6-3-2-4-7-22)17-19-10-12-20(13-11-19)28(36)34-33-27-23-16-21(30)14-15-25(23)32-29(27)37/h2-16,32,37H,17H2,1H3. The first kappa shape index (κ1) is 27.6. The number of amides is 1. The Bertz CT molecular complexity index is 1860. The van der Waals surface area contributed by atoms with Crippen LogP contribution in [-0.2, 0) is 16.6 Å². The highest BCUT2D eigenvalue weighted by Gasteiger charge is 2.27. The summed E-state index contributed by atoms with van der Waals surface area (Å²) in [5.74, 6) is -0.814. The van der Waals surface area contributed by atoms with Crippen LogP contribution in [0.25, 0.3) is 10.9 Å². The Morgan fingerprint density at radius 2 is 1.73 bits per heavy atom. The molecular formula is C29H22BrClN4O4S. The van der Waals surface area contributed by atoms with Crippen LogP contribution in [0, 0.1) is 6.92 Å². The van der Waals surface area contributed by atoms with Gasteiger partial charge in [-0.25, -0.2) is 8.42 Å². The Kier molecular flexibility index (Phi) is 7.75. The molecule has 0 spiro atoms. The van der Waals surface area contributed by atoms with Gasteiger partial charge in [0.05, 0.1) is 22.6 Å². The van der Waals surface area contributed by atoms with Crippen LogP contribution in [0.3, 0.4) is 0 Å². The molecule has 0 aliphatic rings. The van der Waals surface area contributed by atoms with Crippen LogP contribution in [0.4, 0.5) is 11.4 Å². The topological polar surface area (TPSA) is 115 Å².